The maximum atomic E-state index is 13.4. The molecule has 0 aliphatic carbocycles. The fourth-order valence-electron chi connectivity index (χ4n) is 1.12. The van der Waals surface area contributed by atoms with Crippen molar-refractivity contribution in [2.24, 2.45) is 0 Å². The molecule has 0 aromatic heterocycles. The van der Waals surface area contributed by atoms with Gasteiger partial charge < -0.3 is 4.74 Å². The number of ether oxygens (including phenoxy) is 1. The van der Waals surface area contributed by atoms with Crippen LogP contribution in [0.2, 0.25) is 0 Å². The Morgan fingerprint density at radius 3 is 2.73 bits per heavy atom. The smallest absolute Gasteiger partial charge is 0.345 e. The molecule has 0 heterocycles. The molecule has 0 saturated heterocycles. The second-order valence-corrected chi connectivity index (χ2v) is 3.12. The van der Waals surface area contributed by atoms with E-state index in [-0.39, 0.29) is 12.2 Å². The molecule has 82 valence electrons. The van der Waals surface area contributed by atoms with E-state index in [0.29, 0.717) is 5.56 Å². The van der Waals surface area contributed by atoms with Gasteiger partial charge in [0.1, 0.15) is 5.82 Å². The van der Waals surface area contributed by atoms with Crippen LogP contribution >= 0.6 is 0 Å². The molecule has 1 atom stereocenters. The van der Waals surface area contributed by atoms with E-state index in [0.717, 1.165) is 6.07 Å². The molecule has 0 aliphatic rings. The second-order valence-electron chi connectivity index (χ2n) is 3.12. The number of carbonyl (C=O) groups excluding carboxylic acids is 1. The van der Waals surface area contributed by atoms with Crippen molar-refractivity contribution in [2.45, 2.75) is 20.0 Å². The first-order valence-electron chi connectivity index (χ1n) is 4.63. The molecule has 2 nitrogen and oxygen atoms in total. The molecule has 0 radical (unpaired) electrons. The summed E-state index contributed by atoms with van der Waals surface area (Å²) in [5.41, 5.74) is 0.395. The molecule has 0 fully saturated rings. The van der Waals surface area contributed by atoms with E-state index in [4.69, 9.17) is 0 Å². The average Bonchev–Trinajstić information content (AvgIpc) is 2.21. The third-order valence-corrected chi connectivity index (χ3v) is 1.98. The van der Waals surface area contributed by atoms with Gasteiger partial charge in [-0.1, -0.05) is 12.1 Å². The van der Waals surface area contributed by atoms with Crippen molar-refractivity contribution in [1.29, 1.82) is 0 Å². The van der Waals surface area contributed by atoms with Crippen molar-refractivity contribution >= 4 is 5.97 Å². The molecule has 0 N–H and O–H groups in total. The number of halogens is 2. The van der Waals surface area contributed by atoms with Gasteiger partial charge in [0, 0.05) is 5.56 Å². The van der Waals surface area contributed by atoms with Crippen LogP contribution in [-0.2, 0) is 9.53 Å². The highest BCUT2D eigenvalue weighted by Crippen LogP contribution is 2.21. The van der Waals surface area contributed by atoms with E-state index in [1.807, 2.05) is 0 Å². The summed E-state index contributed by atoms with van der Waals surface area (Å²) in [4.78, 5) is 11.0. The van der Waals surface area contributed by atoms with Gasteiger partial charge in [-0.25, -0.2) is 13.6 Å². The van der Waals surface area contributed by atoms with Crippen LogP contribution in [-0.4, -0.2) is 12.6 Å². The van der Waals surface area contributed by atoms with E-state index in [9.17, 15) is 13.6 Å². The summed E-state index contributed by atoms with van der Waals surface area (Å²) in [6.45, 7) is 3.25. The van der Waals surface area contributed by atoms with Gasteiger partial charge >= 0.3 is 5.97 Å². The average molecular weight is 214 g/mol. The molecule has 15 heavy (non-hydrogen) atoms. The summed E-state index contributed by atoms with van der Waals surface area (Å²) in [7, 11) is 0. The van der Waals surface area contributed by atoms with Crippen LogP contribution in [0, 0.1) is 12.7 Å². The Hall–Kier alpha value is -1.45. The van der Waals surface area contributed by atoms with Gasteiger partial charge in [0.05, 0.1) is 6.61 Å². The molecule has 1 rings (SSSR count). The maximum Gasteiger partial charge on any atom is 0.345 e. The summed E-state index contributed by atoms with van der Waals surface area (Å²) < 4.78 is 30.9. The quantitative estimate of drug-likeness (QED) is 0.723. The number of aryl methyl sites for hydroxylation is 1. The maximum absolute atomic E-state index is 13.4. The molecule has 0 spiro atoms. The van der Waals surface area contributed by atoms with Crippen LogP contribution < -0.4 is 0 Å². The number of hydrogen-bond donors (Lipinski definition) is 0. The third kappa shape index (κ3) is 2.75. The zero-order valence-corrected chi connectivity index (χ0v) is 8.59. The minimum Gasteiger partial charge on any atom is -0.464 e. The predicted octanol–water partition coefficient (Wildman–Crippen LogP) is 2.71. The van der Waals surface area contributed by atoms with E-state index < -0.39 is 18.0 Å². The Labute approximate surface area is 86.9 Å². The van der Waals surface area contributed by atoms with Crippen LogP contribution in [0.1, 0.15) is 24.2 Å². The highest BCUT2D eigenvalue weighted by atomic mass is 19.1. The van der Waals surface area contributed by atoms with Crippen LogP contribution in [0.3, 0.4) is 0 Å². The van der Waals surface area contributed by atoms with Crippen LogP contribution in [0.15, 0.2) is 18.2 Å². The summed E-state index contributed by atoms with van der Waals surface area (Å²) >= 11 is 0. The molecule has 0 bridgehead atoms. The standard InChI is InChI=1S/C11H12F2O2/c1-3-15-11(14)10(13)8-5-4-7(2)9(12)6-8/h4-6,10H,3H2,1-2H3. The number of hydrogen-bond acceptors (Lipinski definition) is 2. The Morgan fingerprint density at radius 1 is 1.53 bits per heavy atom. The van der Waals surface area contributed by atoms with E-state index >= 15 is 0 Å². The number of carbonyl (C=O) groups is 1. The summed E-state index contributed by atoms with van der Waals surface area (Å²) in [6.07, 6.45) is -1.92. The van der Waals surface area contributed by atoms with Crippen molar-refractivity contribution in [2.75, 3.05) is 6.61 Å². The molecule has 0 saturated carbocycles. The van der Waals surface area contributed by atoms with Crippen LogP contribution in [0.25, 0.3) is 0 Å². The third-order valence-electron chi connectivity index (χ3n) is 1.98. The topological polar surface area (TPSA) is 26.3 Å². The molecular weight excluding hydrogens is 202 g/mol. The first-order chi connectivity index (χ1) is 7.06. The van der Waals surface area contributed by atoms with Crippen molar-refractivity contribution in [3.8, 4) is 0 Å². The molecule has 1 aromatic carbocycles. The second kappa shape index (κ2) is 4.87. The first kappa shape index (κ1) is 11.6. The van der Waals surface area contributed by atoms with Gasteiger partial charge in [-0.2, -0.15) is 0 Å². The number of benzene rings is 1. The van der Waals surface area contributed by atoms with E-state index in [1.165, 1.54) is 12.1 Å². The SMILES string of the molecule is CCOC(=O)C(F)c1ccc(C)c(F)c1. The number of esters is 1. The van der Waals surface area contributed by atoms with Crippen molar-refractivity contribution in [3.05, 3.63) is 35.1 Å². The highest BCUT2D eigenvalue weighted by Gasteiger charge is 2.21. The first-order valence-corrected chi connectivity index (χ1v) is 4.63. The summed E-state index contributed by atoms with van der Waals surface area (Å²) in [5.74, 6) is -1.51. The molecule has 0 amide bonds. The van der Waals surface area contributed by atoms with Crippen LogP contribution in [0.5, 0.6) is 0 Å². The lowest BCUT2D eigenvalue weighted by Gasteiger charge is -2.08. The lowest BCUT2D eigenvalue weighted by molar-refractivity contribution is -0.149. The summed E-state index contributed by atoms with van der Waals surface area (Å²) in [5, 5.41) is 0. The highest BCUT2D eigenvalue weighted by molar-refractivity contribution is 5.76. The van der Waals surface area contributed by atoms with Crippen LogP contribution in [0.4, 0.5) is 8.78 Å². The van der Waals surface area contributed by atoms with Gasteiger partial charge in [-0.15, -0.1) is 0 Å². The molecular formula is C11H12F2O2. The molecule has 1 aromatic rings. The van der Waals surface area contributed by atoms with Crippen molar-refractivity contribution < 1.29 is 18.3 Å². The fourth-order valence-corrected chi connectivity index (χ4v) is 1.12. The molecule has 1 unspecified atom stereocenters. The van der Waals surface area contributed by atoms with E-state index in [2.05, 4.69) is 4.74 Å². The minimum atomic E-state index is -1.92. The van der Waals surface area contributed by atoms with Crippen molar-refractivity contribution in [3.63, 3.8) is 0 Å². The van der Waals surface area contributed by atoms with Crippen molar-refractivity contribution in [1.82, 2.24) is 0 Å². The fraction of sp³-hybridized carbons (Fsp3) is 0.364. The Kier molecular flexibility index (Phi) is 3.77. The molecule has 4 heteroatoms. The molecule has 0 aliphatic heterocycles. The lowest BCUT2D eigenvalue weighted by atomic mass is 10.1. The minimum absolute atomic E-state index is 0.0171. The number of alkyl halides is 1. The normalized spacial score (nSPS) is 12.3. The van der Waals surface area contributed by atoms with Gasteiger partial charge in [0.15, 0.2) is 0 Å². The van der Waals surface area contributed by atoms with Gasteiger partial charge in [0.25, 0.3) is 0 Å². The Morgan fingerprint density at radius 2 is 2.20 bits per heavy atom. The Bertz CT molecular complexity index is 364. The van der Waals surface area contributed by atoms with Gasteiger partial charge in [-0.3, -0.25) is 0 Å². The van der Waals surface area contributed by atoms with E-state index in [1.54, 1.807) is 13.8 Å². The van der Waals surface area contributed by atoms with Gasteiger partial charge in [0.2, 0.25) is 6.17 Å². The zero-order chi connectivity index (χ0) is 11.4. The zero-order valence-electron chi connectivity index (χ0n) is 8.59. The summed E-state index contributed by atoms with van der Waals surface area (Å²) in [6, 6.07) is 3.81. The Balaban J connectivity index is 2.86. The largest absolute Gasteiger partial charge is 0.464 e. The number of rotatable bonds is 3. The van der Waals surface area contributed by atoms with Gasteiger partial charge in [-0.05, 0) is 25.5 Å². The monoisotopic (exact) mass is 214 g/mol. The lowest BCUT2D eigenvalue weighted by Crippen LogP contribution is -2.12. The predicted molar refractivity (Wildman–Crippen MR) is 51.6 cm³/mol.